The van der Waals surface area contributed by atoms with Gasteiger partial charge >= 0.3 is 0 Å². The van der Waals surface area contributed by atoms with E-state index in [9.17, 15) is 0 Å². The lowest BCUT2D eigenvalue weighted by Crippen LogP contribution is -2.22. The first-order valence-electron chi connectivity index (χ1n) is 3.51. The minimum absolute atomic E-state index is 0.206. The molecule has 1 rings (SSSR count). The molecule has 0 saturated carbocycles. The van der Waals surface area contributed by atoms with Gasteiger partial charge in [0.1, 0.15) is 0 Å². The second-order valence-electron chi connectivity index (χ2n) is 2.77. The molecule has 0 aromatic heterocycles. The van der Waals surface area contributed by atoms with Gasteiger partial charge in [0, 0.05) is 12.5 Å². The van der Waals surface area contributed by atoms with Crippen molar-refractivity contribution < 1.29 is 9.84 Å². The van der Waals surface area contributed by atoms with E-state index in [-0.39, 0.29) is 12.2 Å². The van der Waals surface area contributed by atoms with Crippen molar-refractivity contribution in [3.8, 4) is 0 Å². The van der Waals surface area contributed by atoms with Crippen LogP contribution < -0.4 is 0 Å². The maximum atomic E-state index is 9.14. The predicted molar refractivity (Wildman–Crippen MR) is 35.2 cm³/mol. The molecule has 1 aliphatic rings. The Morgan fingerprint density at radius 3 is 2.56 bits per heavy atom. The minimum atomic E-state index is -0.206. The summed E-state index contributed by atoms with van der Waals surface area (Å²) in [5.41, 5.74) is 0. The first-order chi connectivity index (χ1) is 4.22. The van der Waals surface area contributed by atoms with Crippen molar-refractivity contribution >= 4 is 0 Å². The van der Waals surface area contributed by atoms with E-state index < -0.39 is 0 Å². The molecule has 0 aromatic rings. The van der Waals surface area contributed by atoms with Crippen LogP contribution in [0.2, 0.25) is 0 Å². The van der Waals surface area contributed by atoms with Gasteiger partial charge in [0.2, 0.25) is 0 Å². The van der Waals surface area contributed by atoms with Crippen LogP contribution in [-0.2, 0) is 4.74 Å². The highest BCUT2D eigenvalue weighted by Gasteiger charge is 2.27. The molecule has 0 aliphatic carbocycles. The fourth-order valence-electron chi connectivity index (χ4n) is 1.38. The van der Waals surface area contributed by atoms with Gasteiger partial charge in [-0.25, -0.2) is 0 Å². The monoisotopic (exact) mass is 130 g/mol. The molecule has 1 saturated heterocycles. The first kappa shape index (κ1) is 7.03. The van der Waals surface area contributed by atoms with Gasteiger partial charge in [0.05, 0.1) is 12.2 Å². The summed E-state index contributed by atoms with van der Waals surface area (Å²) in [4.78, 5) is 0. The van der Waals surface area contributed by atoms with E-state index in [2.05, 4.69) is 0 Å². The topological polar surface area (TPSA) is 29.5 Å². The average Bonchev–Trinajstić information content (AvgIpc) is 2.13. The predicted octanol–water partition coefficient (Wildman–Crippen LogP) is 0.792. The third kappa shape index (κ3) is 1.43. The lowest BCUT2D eigenvalue weighted by Gasteiger charge is -2.15. The van der Waals surface area contributed by atoms with Crippen molar-refractivity contribution in [2.45, 2.75) is 32.5 Å². The molecule has 0 spiro atoms. The summed E-state index contributed by atoms with van der Waals surface area (Å²) in [6.07, 6.45) is 1.06. The second kappa shape index (κ2) is 2.67. The van der Waals surface area contributed by atoms with Crippen LogP contribution in [0.5, 0.6) is 0 Å². The van der Waals surface area contributed by atoms with E-state index in [0.717, 1.165) is 13.0 Å². The standard InChI is InChI=1S/C7H14O2/c1-5(8)7-3-4-9-6(7)2/h5-8H,3-4H2,1-2H3. The normalized spacial score (nSPS) is 39.0. The maximum Gasteiger partial charge on any atom is 0.0600 e. The maximum absolute atomic E-state index is 9.14. The largest absolute Gasteiger partial charge is 0.393 e. The highest BCUT2D eigenvalue weighted by molar-refractivity contribution is 4.76. The Morgan fingerprint density at radius 2 is 2.33 bits per heavy atom. The highest BCUT2D eigenvalue weighted by atomic mass is 16.5. The molecular formula is C7H14O2. The summed E-state index contributed by atoms with van der Waals surface area (Å²) in [6.45, 7) is 4.66. The number of aliphatic hydroxyl groups excluding tert-OH is 1. The molecule has 1 heterocycles. The van der Waals surface area contributed by atoms with Crippen LogP contribution >= 0.6 is 0 Å². The first-order valence-corrected chi connectivity index (χ1v) is 3.51. The van der Waals surface area contributed by atoms with Gasteiger partial charge in [-0.3, -0.25) is 0 Å². The highest BCUT2D eigenvalue weighted by Crippen LogP contribution is 2.23. The lowest BCUT2D eigenvalue weighted by atomic mass is 9.97. The molecule has 1 N–H and O–H groups in total. The van der Waals surface area contributed by atoms with Crippen molar-refractivity contribution in [3.63, 3.8) is 0 Å². The molecule has 0 amide bonds. The fourth-order valence-corrected chi connectivity index (χ4v) is 1.38. The molecule has 54 valence electrons. The fraction of sp³-hybridized carbons (Fsp3) is 1.00. The van der Waals surface area contributed by atoms with Gasteiger partial charge in [0.25, 0.3) is 0 Å². The molecule has 2 heteroatoms. The molecule has 3 unspecified atom stereocenters. The number of rotatable bonds is 1. The van der Waals surface area contributed by atoms with Gasteiger partial charge in [0.15, 0.2) is 0 Å². The smallest absolute Gasteiger partial charge is 0.0600 e. The molecule has 0 bridgehead atoms. The summed E-state index contributed by atoms with van der Waals surface area (Å²) >= 11 is 0. The van der Waals surface area contributed by atoms with E-state index in [1.165, 1.54) is 0 Å². The Morgan fingerprint density at radius 1 is 1.67 bits per heavy atom. The Balaban J connectivity index is 2.40. The van der Waals surface area contributed by atoms with Crippen molar-refractivity contribution in [2.75, 3.05) is 6.61 Å². The Hall–Kier alpha value is -0.0800. The molecule has 3 atom stereocenters. The molecule has 1 aliphatic heterocycles. The number of ether oxygens (including phenoxy) is 1. The van der Waals surface area contributed by atoms with E-state index in [1.54, 1.807) is 0 Å². The van der Waals surface area contributed by atoms with Gasteiger partial charge in [-0.05, 0) is 20.3 Å². The van der Waals surface area contributed by atoms with E-state index in [4.69, 9.17) is 9.84 Å². The van der Waals surface area contributed by atoms with Crippen molar-refractivity contribution in [1.82, 2.24) is 0 Å². The Labute approximate surface area is 55.8 Å². The molecule has 0 radical (unpaired) electrons. The third-order valence-corrected chi connectivity index (χ3v) is 2.05. The van der Waals surface area contributed by atoms with Crippen LogP contribution in [0.1, 0.15) is 20.3 Å². The molecule has 1 fully saturated rings. The van der Waals surface area contributed by atoms with Crippen LogP contribution in [0.15, 0.2) is 0 Å². The Kier molecular flexibility index (Phi) is 2.09. The van der Waals surface area contributed by atoms with Crippen LogP contribution in [0.4, 0.5) is 0 Å². The van der Waals surface area contributed by atoms with Crippen LogP contribution in [-0.4, -0.2) is 23.9 Å². The molecular weight excluding hydrogens is 116 g/mol. The molecule has 0 aromatic carbocycles. The van der Waals surface area contributed by atoms with E-state index in [1.807, 2.05) is 13.8 Å². The van der Waals surface area contributed by atoms with E-state index >= 15 is 0 Å². The number of hydrogen-bond acceptors (Lipinski definition) is 2. The quantitative estimate of drug-likeness (QED) is 0.568. The average molecular weight is 130 g/mol. The van der Waals surface area contributed by atoms with Crippen molar-refractivity contribution in [1.29, 1.82) is 0 Å². The number of hydrogen-bond donors (Lipinski definition) is 1. The lowest BCUT2D eigenvalue weighted by molar-refractivity contribution is 0.0526. The zero-order chi connectivity index (χ0) is 6.85. The molecule has 9 heavy (non-hydrogen) atoms. The van der Waals surface area contributed by atoms with E-state index in [0.29, 0.717) is 5.92 Å². The van der Waals surface area contributed by atoms with Gasteiger partial charge < -0.3 is 9.84 Å². The van der Waals surface area contributed by atoms with Crippen LogP contribution in [0.25, 0.3) is 0 Å². The third-order valence-electron chi connectivity index (χ3n) is 2.05. The minimum Gasteiger partial charge on any atom is -0.393 e. The van der Waals surface area contributed by atoms with Gasteiger partial charge in [-0.1, -0.05) is 0 Å². The van der Waals surface area contributed by atoms with Crippen LogP contribution in [0, 0.1) is 5.92 Å². The summed E-state index contributed by atoms with van der Waals surface area (Å²) in [5, 5.41) is 9.14. The van der Waals surface area contributed by atoms with Gasteiger partial charge in [-0.2, -0.15) is 0 Å². The SMILES string of the molecule is CC(O)C1CCOC1C. The van der Waals surface area contributed by atoms with Crippen molar-refractivity contribution in [3.05, 3.63) is 0 Å². The summed E-state index contributed by atoms with van der Waals surface area (Å²) in [6, 6.07) is 0. The zero-order valence-corrected chi connectivity index (χ0v) is 6.00. The zero-order valence-electron chi connectivity index (χ0n) is 6.00. The van der Waals surface area contributed by atoms with Crippen molar-refractivity contribution in [2.24, 2.45) is 5.92 Å². The summed E-state index contributed by atoms with van der Waals surface area (Å²) in [7, 11) is 0. The summed E-state index contributed by atoms with van der Waals surface area (Å²) < 4.78 is 5.27. The molecule has 2 nitrogen and oxygen atoms in total. The Bertz CT molecular complexity index is 90.9. The summed E-state index contributed by atoms with van der Waals surface area (Å²) in [5.74, 6) is 0.366. The number of aliphatic hydroxyl groups is 1. The van der Waals surface area contributed by atoms with Gasteiger partial charge in [-0.15, -0.1) is 0 Å². The van der Waals surface area contributed by atoms with Crippen LogP contribution in [0.3, 0.4) is 0 Å². The second-order valence-corrected chi connectivity index (χ2v) is 2.77.